The van der Waals surface area contributed by atoms with Gasteiger partial charge < -0.3 is 5.32 Å². The van der Waals surface area contributed by atoms with Gasteiger partial charge in [-0.05, 0) is 18.2 Å². The van der Waals surface area contributed by atoms with Crippen LogP contribution in [0.5, 0.6) is 0 Å². The molecular formula is C9H10ClFN2O3S. The summed E-state index contributed by atoms with van der Waals surface area (Å²) in [6.07, 6.45) is 0. The number of nitrogens with one attached hydrogen (secondary N) is 2. The number of hydrogen-bond donors (Lipinski definition) is 2. The van der Waals surface area contributed by atoms with Gasteiger partial charge in [0.15, 0.2) is 0 Å². The summed E-state index contributed by atoms with van der Waals surface area (Å²) in [5.74, 6) is -1.20. The Balaban J connectivity index is 2.90. The molecular weight excluding hydrogens is 271 g/mol. The molecule has 1 aromatic rings. The van der Waals surface area contributed by atoms with Crippen LogP contribution in [-0.4, -0.2) is 27.9 Å². The van der Waals surface area contributed by atoms with Crippen molar-refractivity contribution in [2.24, 2.45) is 0 Å². The smallest absolute Gasteiger partial charge is 0.241 e. The van der Waals surface area contributed by atoms with Crippen molar-refractivity contribution in [3.8, 4) is 0 Å². The summed E-state index contributed by atoms with van der Waals surface area (Å²) in [5.41, 5.74) is 0. The molecule has 0 atom stereocenters. The SMILES string of the molecule is CNC(=O)CNS(=O)(=O)c1ccc(F)c(Cl)c1. The van der Waals surface area contributed by atoms with Crippen molar-refractivity contribution in [1.82, 2.24) is 10.0 Å². The maximum Gasteiger partial charge on any atom is 0.241 e. The van der Waals surface area contributed by atoms with Gasteiger partial charge in [0, 0.05) is 7.05 Å². The third kappa shape index (κ3) is 3.65. The normalized spacial score (nSPS) is 11.2. The van der Waals surface area contributed by atoms with Gasteiger partial charge >= 0.3 is 0 Å². The Morgan fingerprint density at radius 1 is 1.47 bits per heavy atom. The highest BCUT2D eigenvalue weighted by Gasteiger charge is 2.16. The van der Waals surface area contributed by atoms with Gasteiger partial charge in [-0.2, -0.15) is 0 Å². The van der Waals surface area contributed by atoms with E-state index in [1.807, 2.05) is 0 Å². The fraction of sp³-hybridized carbons (Fsp3) is 0.222. The Hall–Kier alpha value is -1.18. The van der Waals surface area contributed by atoms with E-state index < -0.39 is 28.3 Å². The van der Waals surface area contributed by atoms with Crippen molar-refractivity contribution in [1.29, 1.82) is 0 Å². The summed E-state index contributed by atoms with van der Waals surface area (Å²) in [4.78, 5) is 10.7. The first-order valence-corrected chi connectivity index (χ1v) is 6.38. The highest BCUT2D eigenvalue weighted by molar-refractivity contribution is 7.89. The van der Waals surface area contributed by atoms with Crippen molar-refractivity contribution >= 4 is 27.5 Å². The molecule has 0 saturated heterocycles. The topological polar surface area (TPSA) is 75.3 Å². The predicted octanol–water partition coefficient (Wildman–Crippen LogP) is 0.503. The van der Waals surface area contributed by atoms with Gasteiger partial charge in [-0.25, -0.2) is 17.5 Å². The van der Waals surface area contributed by atoms with Crippen molar-refractivity contribution in [3.05, 3.63) is 29.0 Å². The number of benzene rings is 1. The Kier molecular flexibility index (Phi) is 4.44. The zero-order valence-corrected chi connectivity index (χ0v) is 10.4. The summed E-state index contributed by atoms with van der Waals surface area (Å²) >= 11 is 5.46. The van der Waals surface area contributed by atoms with Crippen molar-refractivity contribution in [2.45, 2.75) is 4.90 Å². The van der Waals surface area contributed by atoms with Gasteiger partial charge in [-0.1, -0.05) is 11.6 Å². The van der Waals surface area contributed by atoms with Crippen LogP contribution in [0.25, 0.3) is 0 Å². The molecule has 0 unspecified atom stereocenters. The number of carbonyl (C=O) groups excluding carboxylic acids is 1. The van der Waals surface area contributed by atoms with Crippen LogP contribution < -0.4 is 10.0 Å². The molecule has 1 rings (SSSR count). The van der Waals surface area contributed by atoms with E-state index in [1.54, 1.807) is 0 Å². The van der Waals surface area contributed by atoms with Crippen LogP contribution in [-0.2, 0) is 14.8 Å². The third-order valence-electron chi connectivity index (χ3n) is 1.90. The number of halogens is 2. The summed E-state index contributed by atoms with van der Waals surface area (Å²) in [7, 11) is -2.49. The fourth-order valence-electron chi connectivity index (χ4n) is 0.976. The van der Waals surface area contributed by atoms with E-state index in [0.29, 0.717) is 0 Å². The monoisotopic (exact) mass is 280 g/mol. The highest BCUT2D eigenvalue weighted by atomic mass is 35.5. The van der Waals surface area contributed by atoms with E-state index >= 15 is 0 Å². The molecule has 2 N–H and O–H groups in total. The molecule has 0 aliphatic carbocycles. The van der Waals surface area contributed by atoms with E-state index in [1.165, 1.54) is 7.05 Å². The van der Waals surface area contributed by atoms with Gasteiger partial charge in [0.25, 0.3) is 0 Å². The maximum absolute atomic E-state index is 12.8. The molecule has 1 amide bonds. The molecule has 0 heterocycles. The standard InChI is InChI=1S/C9H10ClFN2O3S/c1-12-9(14)5-13-17(15,16)6-2-3-8(11)7(10)4-6/h2-4,13H,5H2,1H3,(H,12,14). The molecule has 0 radical (unpaired) electrons. The van der Waals surface area contributed by atoms with Gasteiger partial charge in [0.05, 0.1) is 16.5 Å². The molecule has 0 aliphatic heterocycles. The molecule has 17 heavy (non-hydrogen) atoms. The molecule has 0 bridgehead atoms. The number of amides is 1. The average Bonchev–Trinajstić information content (AvgIpc) is 2.29. The Bertz CT molecular complexity index is 533. The number of sulfonamides is 1. The molecule has 0 saturated carbocycles. The molecule has 1 aromatic carbocycles. The Morgan fingerprint density at radius 2 is 2.12 bits per heavy atom. The number of likely N-dealkylation sites (N-methyl/N-ethyl adjacent to an activating group) is 1. The first-order valence-electron chi connectivity index (χ1n) is 4.52. The quantitative estimate of drug-likeness (QED) is 0.843. The predicted molar refractivity (Wildman–Crippen MR) is 60.7 cm³/mol. The van der Waals surface area contributed by atoms with Crippen molar-refractivity contribution < 1.29 is 17.6 Å². The van der Waals surface area contributed by atoms with Crippen LogP contribution in [0, 0.1) is 5.82 Å². The second-order valence-corrected chi connectivity index (χ2v) is 5.25. The van der Waals surface area contributed by atoms with Gasteiger partial charge in [0.2, 0.25) is 15.9 Å². The zero-order chi connectivity index (χ0) is 13.1. The molecule has 0 aliphatic rings. The second kappa shape index (κ2) is 5.44. The van der Waals surface area contributed by atoms with Crippen LogP contribution in [0.3, 0.4) is 0 Å². The van der Waals surface area contributed by atoms with E-state index in [9.17, 15) is 17.6 Å². The minimum atomic E-state index is -3.87. The lowest BCUT2D eigenvalue weighted by atomic mass is 10.3. The lowest BCUT2D eigenvalue weighted by Gasteiger charge is -2.06. The summed E-state index contributed by atoms with van der Waals surface area (Å²) in [6.45, 7) is -0.395. The summed E-state index contributed by atoms with van der Waals surface area (Å²) in [5, 5.41) is 1.96. The molecule has 5 nitrogen and oxygen atoms in total. The van der Waals surface area contributed by atoms with Crippen molar-refractivity contribution in [3.63, 3.8) is 0 Å². The van der Waals surface area contributed by atoms with E-state index in [-0.39, 0.29) is 9.92 Å². The minimum absolute atomic E-state index is 0.201. The summed E-state index contributed by atoms with van der Waals surface area (Å²) < 4.78 is 38.2. The van der Waals surface area contributed by atoms with Crippen LogP contribution in [0.4, 0.5) is 4.39 Å². The number of rotatable bonds is 4. The lowest BCUT2D eigenvalue weighted by Crippen LogP contribution is -2.35. The second-order valence-electron chi connectivity index (χ2n) is 3.07. The average molecular weight is 281 g/mol. The first kappa shape index (κ1) is 13.9. The van der Waals surface area contributed by atoms with Crippen molar-refractivity contribution in [2.75, 3.05) is 13.6 Å². The highest BCUT2D eigenvalue weighted by Crippen LogP contribution is 2.18. The number of carbonyl (C=O) groups is 1. The van der Waals surface area contributed by atoms with Gasteiger partial charge in [0.1, 0.15) is 5.82 Å². The van der Waals surface area contributed by atoms with Crippen LogP contribution in [0.15, 0.2) is 23.1 Å². The van der Waals surface area contributed by atoms with E-state index in [0.717, 1.165) is 18.2 Å². The van der Waals surface area contributed by atoms with E-state index in [2.05, 4.69) is 10.0 Å². The third-order valence-corrected chi connectivity index (χ3v) is 3.59. The number of hydrogen-bond acceptors (Lipinski definition) is 3. The molecule has 0 aromatic heterocycles. The van der Waals surface area contributed by atoms with Crippen LogP contribution in [0.2, 0.25) is 5.02 Å². The van der Waals surface area contributed by atoms with Gasteiger partial charge in [-0.15, -0.1) is 0 Å². The van der Waals surface area contributed by atoms with E-state index in [4.69, 9.17) is 11.6 Å². The molecule has 94 valence electrons. The molecule has 0 fully saturated rings. The first-order chi connectivity index (χ1) is 7.86. The fourth-order valence-corrected chi connectivity index (χ4v) is 2.23. The summed E-state index contributed by atoms with van der Waals surface area (Å²) in [6, 6.07) is 2.98. The van der Waals surface area contributed by atoms with Gasteiger partial charge in [-0.3, -0.25) is 4.79 Å². The molecule has 0 spiro atoms. The largest absolute Gasteiger partial charge is 0.358 e. The molecule has 8 heteroatoms. The minimum Gasteiger partial charge on any atom is -0.358 e. The van der Waals surface area contributed by atoms with Crippen LogP contribution in [0.1, 0.15) is 0 Å². The van der Waals surface area contributed by atoms with Crippen LogP contribution >= 0.6 is 11.6 Å². The maximum atomic E-state index is 12.8. The zero-order valence-electron chi connectivity index (χ0n) is 8.83. The lowest BCUT2D eigenvalue weighted by molar-refractivity contribution is -0.119. The Morgan fingerprint density at radius 3 is 2.65 bits per heavy atom. The Labute approximate surface area is 103 Å².